The molecule has 1 fully saturated rings. The summed E-state index contributed by atoms with van der Waals surface area (Å²) in [6, 6.07) is 10.8. The third-order valence-electron chi connectivity index (χ3n) is 7.19. The number of rotatable bonds is 8. The second-order valence-electron chi connectivity index (χ2n) is 10.1. The van der Waals surface area contributed by atoms with Gasteiger partial charge in [-0.3, -0.25) is 14.9 Å². The molecule has 8 heteroatoms. The molecule has 2 N–H and O–H groups in total. The molecule has 0 bridgehead atoms. The van der Waals surface area contributed by atoms with Crippen molar-refractivity contribution in [3.63, 3.8) is 0 Å². The minimum Gasteiger partial charge on any atom is -0.345 e. The summed E-state index contributed by atoms with van der Waals surface area (Å²) in [6.07, 6.45) is 7.81. The molecule has 0 saturated heterocycles. The Morgan fingerprint density at radius 2 is 1.97 bits per heavy atom. The first-order valence-electron chi connectivity index (χ1n) is 12.7. The zero-order valence-electron chi connectivity index (χ0n) is 21.8. The Bertz CT molecular complexity index is 1520. The number of aryl methyl sites for hydroxylation is 4. The van der Waals surface area contributed by atoms with Gasteiger partial charge in [0.25, 0.3) is 5.91 Å². The normalized spacial score (nSPS) is 14.1. The molecule has 1 unspecified atom stereocenters. The van der Waals surface area contributed by atoms with Crippen molar-refractivity contribution in [1.29, 1.82) is 5.41 Å². The summed E-state index contributed by atoms with van der Waals surface area (Å²) in [5.74, 6) is -0.0453. The molecule has 1 amide bonds. The third-order valence-corrected chi connectivity index (χ3v) is 7.19. The van der Waals surface area contributed by atoms with Gasteiger partial charge in [-0.2, -0.15) is 5.10 Å². The number of carbonyl (C=O) groups is 1. The molecule has 7 nitrogen and oxygen atoms in total. The number of amides is 1. The Labute approximate surface area is 216 Å². The van der Waals surface area contributed by atoms with Crippen LogP contribution in [-0.4, -0.2) is 24.8 Å². The van der Waals surface area contributed by atoms with Crippen LogP contribution in [0.3, 0.4) is 0 Å². The van der Waals surface area contributed by atoms with Gasteiger partial charge in [-0.25, -0.2) is 4.39 Å². The number of halogens is 1. The van der Waals surface area contributed by atoms with E-state index >= 15 is 0 Å². The molecule has 1 aliphatic carbocycles. The van der Waals surface area contributed by atoms with Gasteiger partial charge < -0.3 is 14.5 Å². The lowest BCUT2D eigenvalue weighted by molar-refractivity contribution is 0.0931. The van der Waals surface area contributed by atoms with Crippen molar-refractivity contribution < 1.29 is 9.18 Å². The molecular formula is C29H33FN6O. The summed E-state index contributed by atoms with van der Waals surface area (Å²) in [7, 11) is 1.84. The number of nitrogens with zero attached hydrogens (tertiary/aromatic N) is 4. The van der Waals surface area contributed by atoms with Gasteiger partial charge in [-0.15, -0.1) is 0 Å². The lowest BCUT2D eigenvalue weighted by Gasteiger charge is -2.20. The van der Waals surface area contributed by atoms with E-state index in [-0.39, 0.29) is 17.8 Å². The summed E-state index contributed by atoms with van der Waals surface area (Å²) < 4.78 is 19.4. The molecule has 2 aromatic heterocycles. The zero-order valence-corrected chi connectivity index (χ0v) is 21.8. The van der Waals surface area contributed by atoms with Crippen molar-refractivity contribution in [1.82, 2.24) is 24.2 Å². The second-order valence-corrected chi connectivity index (χ2v) is 10.1. The second kappa shape index (κ2) is 9.84. The van der Waals surface area contributed by atoms with E-state index < -0.39 is 0 Å². The SMILES string of the molecule is CCn1cc(-c2cc(Cn3ccn(C)c3=N)cc(C(=O)NC(c3ccc(F)c(C)c3)C3CC3)c2)c(C)n1. The fourth-order valence-electron chi connectivity index (χ4n) is 4.87. The highest BCUT2D eigenvalue weighted by Gasteiger charge is 2.34. The van der Waals surface area contributed by atoms with Crippen LogP contribution in [0.25, 0.3) is 11.1 Å². The Kier molecular flexibility index (Phi) is 6.58. The largest absolute Gasteiger partial charge is 0.345 e. The molecule has 0 radical (unpaired) electrons. The van der Waals surface area contributed by atoms with Crippen LogP contribution < -0.4 is 10.9 Å². The molecule has 0 aliphatic heterocycles. The average Bonchev–Trinajstić information content (AvgIpc) is 3.59. The summed E-state index contributed by atoms with van der Waals surface area (Å²) in [4.78, 5) is 13.7. The van der Waals surface area contributed by atoms with E-state index in [4.69, 9.17) is 5.41 Å². The number of carbonyl (C=O) groups excluding carboxylic acids is 1. The molecule has 192 valence electrons. The van der Waals surface area contributed by atoms with Gasteiger partial charge in [0.2, 0.25) is 5.62 Å². The summed E-state index contributed by atoms with van der Waals surface area (Å²) in [5.41, 5.74) is 6.18. The van der Waals surface area contributed by atoms with Crippen LogP contribution in [0.15, 0.2) is 55.0 Å². The topological polar surface area (TPSA) is 80.6 Å². The van der Waals surface area contributed by atoms with Crippen molar-refractivity contribution >= 4 is 5.91 Å². The molecule has 1 aliphatic rings. The fourth-order valence-corrected chi connectivity index (χ4v) is 4.87. The number of hydrogen-bond acceptors (Lipinski definition) is 3. The van der Waals surface area contributed by atoms with Gasteiger partial charge in [0, 0.05) is 43.3 Å². The van der Waals surface area contributed by atoms with Gasteiger partial charge in [0.05, 0.1) is 18.3 Å². The molecule has 37 heavy (non-hydrogen) atoms. The maximum absolute atomic E-state index is 13.9. The fraction of sp³-hybridized carbons (Fsp3) is 0.345. The van der Waals surface area contributed by atoms with E-state index in [2.05, 4.69) is 16.5 Å². The van der Waals surface area contributed by atoms with Crippen molar-refractivity contribution in [3.8, 4) is 11.1 Å². The number of aromatic nitrogens is 4. The van der Waals surface area contributed by atoms with E-state index in [1.807, 2.05) is 66.9 Å². The highest BCUT2D eigenvalue weighted by atomic mass is 19.1. The summed E-state index contributed by atoms with van der Waals surface area (Å²) >= 11 is 0. The molecular weight excluding hydrogens is 467 g/mol. The van der Waals surface area contributed by atoms with Crippen LogP contribution >= 0.6 is 0 Å². The van der Waals surface area contributed by atoms with E-state index in [1.54, 1.807) is 17.6 Å². The quantitative estimate of drug-likeness (QED) is 0.362. The predicted octanol–water partition coefficient (Wildman–Crippen LogP) is 4.87. The third kappa shape index (κ3) is 5.14. The van der Waals surface area contributed by atoms with E-state index in [0.717, 1.165) is 47.3 Å². The van der Waals surface area contributed by atoms with Crippen molar-refractivity contribution in [3.05, 3.63) is 94.4 Å². The molecule has 0 spiro atoms. The van der Waals surface area contributed by atoms with Crippen LogP contribution in [-0.2, 0) is 20.1 Å². The number of imidazole rings is 1. The van der Waals surface area contributed by atoms with Gasteiger partial charge >= 0.3 is 0 Å². The first kappa shape index (κ1) is 24.7. The Morgan fingerprint density at radius 1 is 1.19 bits per heavy atom. The van der Waals surface area contributed by atoms with Gasteiger partial charge in [0.1, 0.15) is 5.82 Å². The maximum atomic E-state index is 13.9. The molecule has 4 aromatic rings. The highest BCUT2D eigenvalue weighted by molar-refractivity contribution is 5.96. The van der Waals surface area contributed by atoms with Crippen LogP contribution in [0.2, 0.25) is 0 Å². The van der Waals surface area contributed by atoms with Gasteiger partial charge in [-0.1, -0.05) is 12.1 Å². The predicted molar refractivity (Wildman–Crippen MR) is 141 cm³/mol. The molecule has 1 atom stereocenters. The van der Waals surface area contributed by atoms with Crippen molar-refractivity contribution in [2.45, 2.75) is 52.7 Å². The highest BCUT2D eigenvalue weighted by Crippen LogP contribution is 2.41. The van der Waals surface area contributed by atoms with E-state index in [1.165, 1.54) is 6.07 Å². The van der Waals surface area contributed by atoms with Gasteiger partial charge in [0.15, 0.2) is 0 Å². The first-order chi connectivity index (χ1) is 17.7. The molecule has 2 aromatic carbocycles. The van der Waals surface area contributed by atoms with Crippen LogP contribution in [0.5, 0.6) is 0 Å². The van der Waals surface area contributed by atoms with Crippen LogP contribution in [0.1, 0.15) is 58.5 Å². The lowest BCUT2D eigenvalue weighted by atomic mass is 9.97. The minimum atomic E-state index is -0.239. The van der Waals surface area contributed by atoms with Gasteiger partial charge in [-0.05, 0) is 86.1 Å². The zero-order chi connectivity index (χ0) is 26.3. The minimum absolute atomic E-state index is 0.160. The number of benzene rings is 2. The average molecular weight is 501 g/mol. The van der Waals surface area contributed by atoms with Crippen LogP contribution in [0.4, 0.5) is 4.39 Å². The standard InChI is InChI=1S/C29H33FN6O/c1-5-36-17-25(19(3)33-36)23-13-20(16-35-11-10-34(4)29(35)31)14-24(15-23)28(37)32-27(21-6-7-21)22-8-9-26(30)18(2)12-22/h8-15,17,21,27,31H,5-7,16H2,1-4H3,(H,32,37). The smallest absolute Gasteiger partial charge is 0.251 e. The Morgan fingerprint density at radius 3 is 2.59 bits per heavy atom. The number of nitrogens with one attached hydrogen (secondary N) is 2. The van der Waals surface area contributed by atoms with Crippen molar-refractivity contribution in [2.75, 3.05) is 0 Å². The molecule has 2 heterocycles. The molecule has 5 rings (SSSR count). The Balaban J connectivity index is 1.52. The van der Waals surface area contributed by atoms with Crippen molar-refractivity contribution in [2.24, 2.45) is 13.0 Å². The van der Waals surface area contributed by atoms with E-state index in [9.17, 15) is 9.18 Å². The summed E-state index contributed by atoms with van der Waals surface area (Å²) in [5, 5.41) is 16.2. The maximum Gasteiger partial charge on any atom is 0.251 e. The first-order valence-corrected chi connectivity index (χ1v) is 12.7. The lowest BCUT2D eigenvalue weighted by Crippen LogP contribution is -2.30. The number of hydrogen-bond donors (Lipinski definition) is 2. The van der Waals surface area contributed by atoms with Crippen LogP contribution in [0, 0.1) is 31.0 Å². The molecule has 1 saturated carbocycles. The summed E-state index contributed by atoms with van der Waals surface area (Å²) in [6.45, 7) is 7.00. The Hall–Kier alpha value is -3.94. The monoisotopic (exact) mass is 500 g/mol. The van der Waals surface area contributed by atoms with E-state index in [0.29, 0.717) is 29.2 Å².